The van der Waals surface area contributed by atoms with Crippen LogP contribution in [0.2, 0.25) is 0 Å². The number of nitrogens with zero attached hydrogens (tertiary/aromatic N) is 5. The van der Waals surface area contributed by atoms with Gasteiger partial charge in [-0.15, -0.1) is 0 Å². The summed E-state index contributed by atoms with van der Waals surface area (Å²) >= 11 is 0. The minimum absolute atomic E-state index is 0.201. The molecule has 4 aromatic heterocycles. The first-order valence-electron chi connectivity index (χ1n) is 10.9. The molecule has 1 saturated carbocycles. The number of pyridine rings is 2. The number of rotatable bonds is 6. The zero-order valence-electron chi connectivity index (χ0n) is 17.4. The van der Waals surface area contributed by atoms with Gasteiger partial charge >= 0.3 is 0 Å². The van der Waals surface area contributed by atoms with Crippen LogP contribution in [0.4, 0.5) is 14.6 Å². The average molecular weight is 435 g/mol. The van der Waals surface area contributed by atoms with Crippen LogP contribution in [0.3, 0.4) is 0 Å². The highest BCUT2D eigenvalue weighted by molar-refractivity contribution is 5.67. The first-order chi connectivity index (χ1) is 15.5. The van der Waals surface area contributed by atoms with Gasteiger partial charge in [-0.25, -0.2) is 18.7 Å². The number of fused-ring (bicyclic) bond motifs is 1. The topological polar surface area (TPSA) is 72.1 Å². The molecule has 7 nitrogen and oxygen atoms in total. The average Bonchev–Trinajstić information content (AvgIpc) is 3.16. The van der Waals surface area contributed by atoms with Crippen molar-refractivity contribution in [2.24, 2.45) is 5.92 Å². The molecule has 2 fully saturated rings. The number of hydrogen-bond acceptors (Lipinski definition) is 5. The van der Waals surface area contributed by atoms with E-state index in [-0.39, 0.29) is 13.1 Å². The second-order valence-corrected chi connectivity index (χ2v) is 8.68. The van der Waals surface area contributed by atoms with Gasteiger partial charge in [0.05, 0.1) is 30.3 Å². The summed E-state index contributed by atoms with van der Waals surface area (Å²) < 4.78 is 32.0. The minimum Gasteiger partial charge on any atom is -0.360 e. The van der Waals surface area contributed by atoms with Crippen molar-refractivity contribution < 1.29 is 8.78 Å². The Morgan fingerprint density at radius 1 is 1.09 bits per heavy atom. The number of halogens is 2. The number of nitrogens with one attached hydrogen (secondary N) is 2. The van der Waals surface area contributed by atoms with E-state index in [1.807, 2.05) is 45.7 Å². The summed E-state index contributed by atoms with van der Waals surface area (Å²) in [5.74, 6) is -1.62. The fraction of sp³-hybridized carbons (Fsp3) is 0.348. The Balaban J connectivity index is 1.31. The van der Waals surface area contributed by atoms with E-state index in [9.17, 15) is 8.78 Å². The standard InChI is InChI=1S/C23H23F2N7/c24-23(25)14-26-10-20(23)30-21-3-1-2-18(29-21)19-9-27-22-7-6-16(13-32(19)22)17-8-28-31(12-17)11-15-4-5-15/h1-3,6-9,12-13,15,20,26H,4-5,10-11,14H2,(H,29,30). The lowest BCUT2D eigenvalue weighted by molar-refractivity contribution is 0.0138. The van der Waals surface area contributed by atoms with Gasteiger partial charge < -0.3 is 10.6 Å². The van der Waals surface area contributed by atoms with E-state index in [2.05, 4.69) is 31.9 Å². The third-order valence-corrected chi connectivity index (χ3v) is 6.17. The van der Waals surface area contributed by atoms with Gasteiger partial charge in [-0.05, 0) is 43.0 Å². The molecule has 1 aliphatic heterocycles. The molecule has 0 spiro atoms. The van der Waals surface area contributed by atoms with Crippen LogP contribution in [0.25, 0.3) is 28.2 Å². The molecule has 0 bridgehead atoms. The molecule has 1 saturated heterocycles. The van der Waals surface area contributed by atoms with Gasteiger partial charge in [-0.3, -0.25) is 9.08 Å². The Morgan fingerprint density at radius 2 is 2.00 bits per heavy atom. The van der Waals surface area contributed by atoms with Crippen molar-refractivity contribution >= 4 is 11.5 Å². The summed E-state index contributed by atoms with van der Waals surface area (Å²) in [5.41, 5.74) is 4.34. The molecule has 6 rings (SSSR count). The number of hydrogen-bond donors (Lipinski definition) is 2. The smallest absolute Gasteiger partial charge is 0.281 e. The van der Waals surface area contributed by atoms with Gasteiger partial charge in [0.2, 0.25) is 0 Å². The summed E-state index contributed by atoms with van der Waals surface area (Å²) in [6, 6.07) is 8.40. The Morgan fingerprint density at radius 3 is 2.81 bits per heavy atom. The highest BCUT2D eigenvalue weighted by Gasteiger charge is 2.44. The van der Waals surface area contributed by atoms with E-state index in [4.69, 9.17) is 0 Å². The van der Waals surface area contributed by atoms with Crippen LogP contribution in [0.1, 0.15) is 12.8 Å². The molecule has 2 aliphatic rings. The van der Waals surface area contributed by atoms with Crippen molar-refractivity contribution in [3.63, 3.8) is 0 Å². The van der Waals surface area contributed by atoms with Crippen molar-refractivity contribution in [3.8, 4) is 22.5 Å². The Labute approximate surface area is 183 Å². The number of alkyl halides is 2. The van der Waals surface area contributed by atoms with Gasteiger partial charge in [0.25, 0.3) is 5.92 Å². The lowest BCUT2D eigenvalue weighted by atomic mass is 10.1. The van der Waals surface area contributed by atoms with E-state index in [0.717, 1.165) is 34.9 Å². The normalized spacial score (nSPS) is 20.1. The van der Waals surface area contributed by atoms with Gasteiger partial charge in [0, 0.05) is 36.6 Å². The molecule has 1 aliphatic carbocycles. The molecular weight excluding hydrogens is 412 g/mol. The predicted molar refractivity (Wildman–Crippen MR) is 118 cm³/mol. The second-order valence-electron chi connectivity index (χ2n) is 8.68. The van der Waals surface area contributed by atoms with Crippen molar-refractivity contribution in [1.82, 2.24) is 29.5 Å². The molecule has 32 heavy (non-hydrogen) atoms. The molecule has 5 heterocycles. The second kappa shape index (κ2) is 7.37. The van der Waals surface area contributed by atoms with Crippen LogP contribution >= 0.6 is 0 Å². The number of aromatic nitrogens is 5. The Kier molecular flexibility index (Phi) is 4.46. The maximum Gasteiger partial charge on any atom is 0.281 e. The van der Waals surface area contributed by atoms with Gasteiger partial charge in [0.1, 0.15) is 17.5 Å². The summed E-state index contributed by atoms with van der Waals surface area (Å²) in [6.07, 6.45) is 10.3. The summed E-state index contributed by atoms with van der Waals surface area (Å²) in [5, 5.41) is 10.1. The molecule has 9 heteroatoms. The summed E-state index contributed by atoms with van der Waals surface area (Å²) in [7, 11) is 0. The van der Waals surface area contributed by atoms with Crippen molar-refractivity contribution in [2.45, 2.75) is 31.4 Å². The number of anilines is 1. The Hall–Kier alpha value is -3.33. The van der Waals surface area contributed by atoms with Crippen LogP contribution in [-0.4, -0.2) is 49.2 Å². The third kappa shape index (κ3) is 3.62. The Bertz CT molecular complexity index is 1270. The molecule has 0 radical (unpaired) electrons. The van der Waals surface area contributed by atoms with E-state index in [1.54, 1.807) is 12.3 Å². The van der Waals surface area contributed by atoms with Crippen LogP contribution < -0.4 is 10.6 Å². The lowest BCUT2D eigenvalue weighted by Gasteiger charge is -2.20. The van der Waals surface area contributed by atoms with Gasteiger partial charge in [0.15, 0.2) is 0 Å². The lowest BCUT2D eigenvalue weighted by Crippen LogP contribution is -2.38. The van der Waals surface area contributed by atoms with Crippen molar-refractivity contribution in [1.29, 1.82) is 0 Å². The van der Waals surface area contributed by atoms with E-state index < -0.39 is 12.0 Å². The van der Waals surface area contributed by atoms with Crippen LogP contribution in [0, 0.1) is 5.92 Å². The van der Waals surface area contributed by atoms with E-state index in [1.165, 1.54) is 12.8 Å². The predicted octanol–water partition coefficient (Wildman–Crippen LogP) is 3.69. The fourth-order valence-electron chi connectivity index (χ4n) is 4.17. The molecule has 0 aromatic carbocycles. The molecule has 4 aromatic rings. The highest BCUT2D eigenvalue weighted by Crippen LogP contribution is 2.31. The minimum atomic E-state index is -2.81. The van der Waals surface area contributed by atoms with Crippen LogP contribution in [0.15, 0.2) is 55.1 Å². The molecule has 1 unspecified atom stereocenters. The molecule has 1 atom stereocenters. The SMILES string of the molecule is FC1(F)CNCC1Nc1cccc(-c2cnc3ccc(-c4cnn(CC5CC5)c4)cn23)n1. The maximum absolute atomic E-state index is 14.0. The molecule has 2 N–H and O–H groups in total. The monoisotopic (exact) mass is 435 g/mol. The quantitative estimate of drug-likeness (QED) is 0.483. The van der Waals surface area contributed by atoms with E-state index in [0.29, 0.717) is 11.5 Å². The largest absolute Gasteiger partial charge is 0.360 e. The summed E-state index contributed by atoms with van der Waals surface area (Å²) in [6.45, 7) is 0.849. The zero-order valence-corrected chi connectivity index (χ0v) is 17.4. The van der Waals surface area contributed by atoms with Gasteiger partial charge in [-0.2, -0.15) is 5.10 Å². The van der Waals surface area contributed by atoms with Crippen molar-refractivity contribution in [2.75, 3.05) is 18.4 Å². The number of imidazole rings is 1. The molecule has 0 amide bonds. The first-order valence-corrected chi connectivity index (χ1v) is 10.9. The van der Waals surface area contributed by atoms with Crippen LogP contribution in [0.5, 0.6) is 0 Å². The van der Waals surface area contributed by atoms with Crippen molar-refractivity contribution in [3.05, 3.63) is 55.1 Å². The molecular formula is C23H23F2N7. The molecule has 164 valence electrons. The third-order valence-electron chi connectivity index (χ3n) is 6.17. The maximum atomic E-state index is 14.0. The zero-order chi connectivity index (χ0) is 21.7. The van der Waals surface area contributed by atoms with Gasteiger partial charge in [-0.1, -0.05) is 6.07 Å². The summed E-state index contributed by atoms with van der Waals surface area (Å²) in [4.78, 5) is 9.08. The van der Waals surface area contributed by atoms with Crippen LogP contribution in [-0.2, 0) is 6.54 Å². The van der Waals surface area contributed by atoms with E-state index >= 15 is 0 Å². The highest BCUT2D eigenvalue weighted by atomic mass is 19.3. The first kappa shape index (κ1) is 19.4. The fourth-order valence-corrected chi connectivity index (χ4v) is 4.17.